The largest absolute Gasteiger partial charge is 0.494 e. The van der Waals surface area contributed by atoms with Gasteiger partial charge in [0.25, 0.3) is 0 Å². The van der Waals surface area contributed by atoms with Gasteiger partial charge < -0.3 is 15.0 Å². The molecule has 0 fully saturated rings. The quantitative estimate of drug-likeness (QED) is 0.484. The predicted octanol–water partition coefficient (Wildman–Crippen LogP) is 2.38. The summed E-state index contributed by atoms with van der Waals surface area (Å²) in [6, 6.07) is 7.69. The van der Waals surface area contributed by atoms with Gasteiger partial charge in [0.05, 0.1) is 12.6 Å². The Morgan fingerprint density at radius 2 is 1.91 bits per heavy atom. The molecule has 0 saturated carbocycles. The predicted molar refractivity (Wildman–Crippen MR) is 94.9 cm³/mol. The lowest BCUT2D eigenvalue weighted by Gasteiger charge is -2.12. The fourth-order valence-electron chi connectivity index (χ4n) is 2.17. The van der Waals surface area contributed by atoms with Gasteiger partial charge in [0.15, 0.2) is 0 Å². The molecule has 0 aliphatic rings. The number of thiol groups is 1. The van der Waals surface area contributed by atoms with E-state index in [0.29, 0.717) is 6.42 Å². The third-order valence-electron chi connectivity index (χ3n) is 3.53. The van der Waals surface area contributed by atoms with Crippen LogP contribution in [0, 0.1) is 0 Å². The Bertz CT molecular complexity index is 435. The van der Waals surface area contributed by atoms with E-state index in [4.69, 9.17) is 4.74 Å². The molecule has 0 aliphatic heterocycles. The first kappa shape index (κ1) is 19.0. The molecule has 1 rings (SSSR count). The van der Waals surface area contributed by atoms with Gasteiger partial charge in [-0.05, 0) is 71.1 Å². The first-order valence-electron chi connectivity index (χ1n) is 7.79. The van der Waals surface area contributed by atoms with E-state index < -0.39 is 0 Å². The first-order valence-corrected chi connectivity index (χ1v) is 8.24. The van der Waals surface area contributed by atoms with Gasteiger partial charge in [-0.2, -0.15) is 0 Å². The van der Waals surface area contributed by atoms with Crippen LogP contribution in [0.1, 0.15) is 24.8 Å². The molecule has 1 aromatic rings. The first-order chi connectivity index (χ1) is 10.5. The molecule has 0 aromatic heterocycles. The molecule has 0 aliphatic carbocycles. The molecule has 5 heteroatoms. The van der Waals surface area contributed by atoms with Crippen LogP contribution in [0.15, 0.2) is 24.3 Å². The van der Waals surface area contributed by atoms with Crippen molar-refractivity contribution < 1.29 is 9.53 Å². The lowest BCUT2D eigenvalue weighted by Crippen LogP contribution is -2.33. The van der Waals surface area contributed by atoms with Crippen LogP contribution in [0.2, 0.25) is 0 Å². The van der Waals surface area contributed by atoms with Crippen molar-refractivity contribution in [3.05, 3.63) is 29.8 Å². The minimum absolute atomic E-state index is 0.138. The van der Waals surface area contributed by atoms with Gasteiger partial charge in [0, 0.05) is 0 Å². The van der Waals surface area contributed by atoms with E-state index in [1.54, 1.807) is 7.05 Å². The minimum atomic E-state index is -0.244. The van der Waals surface area contributed by atoms with E-state index in [2.05, 4.69) is 36.9 Å². The Labute approximate surface area is 139 Å². The molecule has 4 nitrogen and oxygen atoms in total. The highest BCUT2D eigenvalue weighted by Crippen LogP contribution is 2.14. The molecule has 124 valence electrons. The fraction of sp³-hybridized carbons (Fsp3) is 0.588. The Hall–Kier alpha value is -1.04. The average molecular weight is 324 g/mol. The number of ether oxygens (including phenoxy) is 1. The summed E-state index contributed by atoms with van der Waals surface area (Å²) in [6.07, 6.45) is 4.11. The van der Waals surface area contributed by atoms with Crippen molar-refractivity contribution >= 4 is 17.7 Å². The molecule has 1 aromatic carbocycles. The number of nitrogens with one attached hydrogen (secondary N) is 1. The maximum Gasteiger partial charge on any atom is 0.203 e. The molecule has 1 N–H and O–H groups in total. The number of unbranched alkanes of at least 4 members (excludes halogenated alkanes) is 2. The molecular formula is C17H28N2O2S. The highest BCUT2D eigenvalue weighted by molar-refractivity contribution is 7.96. The van der Waals surface area contributed by atoms with Crippen LogP contribution in [0.4, 0.5) is 0 Å². The van der Waals surface area contributed by atoms with E-state index in [-0.39, 0.29) is 11.2 Å². The second-order valence-electron chi connectivity index (χ2n) is 5.74. The molecule has 0 radical (unpaired) electrons. The Balaban J connectivity index is 2.28. The van der Waals surface area contributed by atoms with Gasteiger partial charge in [-0.25, -0.2) is 0 Å². The van der Waals surface area contributed by atoms with E-state index in [0.717, 1.165) is 30.9 Å². The van der Waals surface area contributed by atoms with E-state index in [1.165, 1.54) is 12.8 Å². The Morgan fingerprint density at radius 1 is 1.23 bits per heavy atom. The standard InChI is InChI=1S/C17H28N2O2S/c1-18-16(17(20)22)13-14-7-9-15(10-8-14)21-12-6-4-5-11-19(2)3/h7-10,16,18H,4-6,11-13H2,1-3H3,(H,20,22). The van der Waals surface area contributed by atoms with Crippen molar-refractivity contribution in [3.63, 3.8) is 0 Å². The van der Waals surface area contributed by atoms with Crippen molar-refractivity contribution in [3.8, 4) is 5.75 Å². The molecule has 1 atom stereocenters. The average Bonchev–Trinajstić information content (AvgIpc) is 2.49. The normalized spacial score (nSPS) is 12.4. The topological polar surface area (TPSA) is 41.6 Å². The zero-order valence-corrected chi connectivity index (χ0v) is 14.7. The summed E-state index contributed by atoms with van der Waals surface area (Å²) in [5, 5.41) is 2.83. The van der Waals surface area contributed by atoms with Crippen molar-refractivity contribution in [2.45, 2.75) is 31.7 Å². The van der Waals surface area contributed by atoms with E-state index in [9.17, 15) is 4.79 Å². The van der Waals surface area contributed by atoms with Gasteiger partial charge in [0.2, 0.25) is 5.12 Å². The van der Waals surface area contributed by atoms with Crippen molar-refractivity contribution in [1.82, 2.24) is 10.2 Å². The molecule has 0 heterocycles. The van der Waals surface area contributed by atoms with Gasteiger partial charge in [-0.1, -0.05) is 12.1 Å². The van der Waals surface area contributed by atoms with Gasteiger partial charge >= 0.3 is 0 Å². The molecule has 0 saturated heterocycles. The number of rotatable bonds is 11. The van der Waals surface area contributed by atoms with Crippen LogP contribution in [0.3, 0.4) is 0 Å². The molecule has 0 bridgehead atoms. The van der Waals surface area contributed by atoms with Crippen LogP contribution in [-0.4, -0.2) is 50.4 Å². The molecule has 0 spiro atoms. The number of carbonyl (C=O) groups is 1. The molecular weight excluding hydrogens is 296 g/mol. The van der Waals surface area contributed by atoms with Crippen LogP contribution < -0.4 is 10.1 Å². The summed E-state index contributed by atoms with van der Waals surface area (Å²) in [4.78, 5) is 13.5. The van der Waals surface area contributed by atoms with Gasteiger partial charge in [0.1, 0.15) is 5.75 Å². The van der Waals surface area contributed by atoms with Gasteiger partial charge in [-0.15, -0.1) is 12.6 Å². The zero-order valence-electron chi connectivity index (χ0n) is 13.8. The lowest BCUT2D eigenvalue weighted by atomic mass is 10.1. The van der Waals surface area contributed by atoms with Crippen LogP contribution >= 0.6 is 12.6 Å². The third kappa shape index (κ3) is 7.82. The third-order valence-corrected chi connectivity index (χ3v) is 3.84. The number of nitrogens with zero attached hydrogens (tertiary/aromatic N) is 1. The SMILES string of the molecule is CNC(Cc1ccc(OCCCCCN(C)C)cc1)C(=O)S. The fourth-order valence-corrected chi connectivity index (χ4v) is 2.39. The van der Waals surface area contributed by atoms with Crippen LogP contribution in [0.5, 0.6) is 5.75 Å². The van der Waals surface area contributed by atoms with Crippen molar-refractivity contribution in [2.75, 3.05) is 34.3 Å². The maximum absolute atomic E-state index is 11.3. The molecule has 22 heavy (non-hydrogen) atoms. The molecule has 1 unspecified atom stereocenters. The number of hydrogen-bond acceptors (Lipinski definition) is 4. The smallest absolute Gasteiger partial charge is 0.203 e. The van der Waals surface area contributed by atoms with E-state index in [1.807, 2.05) is 24.3 Å². The Kier molecular flexibility index (Phi) is 9.20. The lowest BCUT2D eigenvalue weighted by molar-refractivity contribution is -0.112. The number of carbonyl (C=O) groups excluding carboxylic acids is 1. The number of benzene rings is 1. The summed E-state index contributed by atoms with van der Waals surface area (Å²) >= 11 is 3.88. The summed E-state index contributed by atoms with van der Waals surface area (Å²) in [7, 11) is 5.96. The van der Waals surface area contributed by atoms with Gasteiger partial charge in [-0.3, -0.25) is 4.79 Å². The number of hydrogen-bond donors (Lipinski definition) is 2. The van der Waals surface area contributed by atoms with Crippen LogP contribution in [0.25, 0.3) is 0 Å². The monoisotopic (exact) mass is 324 g/mol. The maximum atomic E-state index is 11.3. The Morgan fingerprint density at radius 3 is 2.45 bits per heavy atom. The number of likely N-dealkylation sites (N-methyl/N-ethyl adjacent to an activating group) is 1. The summed E-state index contributed by atoms with van der Waals surface area (Å²) < 4.78 is 5.74. The zero-order chi connectivity index (χ0) is 16.4. The van der Waals surface area contributed by atoms with E-state index >= 15 is 0 Å². The summed E-state index contributed by atoms with van der Waals surface area (Å²) in [5.41, 5.74) is 1.10. The highest BCUT2D eigenvalue weighted by atomic mass is 32.1. The molecule has 0 amide bonds. The van der Waals surface area contributed by atoms with Crippen molar-refractivity contribution in [2.24, 2.45) is 0 Å². The summed E-state index contributed by atoms with van der Waals surface area (Å²) in [5.74, 6) is 0.884. The highest BCUT2D eigenvalue weighted by Gasteiger charge is 2.12. The second-order valence-corrected chi connectivity index (χ2v) is 6.18. The summed E-state index contributed by atoms with van der Waals surface area (Å²) in [6.45, 7) is 1.88. The van der Waals surface area contributed by atoms with Crippen LogP contribution in [-0.2, 0) is 11.2 Å². The second kappa shape index (κ2) is 10.6. The minimum Gasteiger partial charge on any atom is -0.494 e. The van der Waals surface area contributed by atoms with Crippen molar-refractivity contribution in [1.29, 1.82) is 0 Å².